The Morgan fingerprint density at radius 2 is 2.22 bits per heavy atom. The minimum absolute atomic E-state index is 0.730. The molecule has 0 aliphatic heterocycles. The van der Waals surface area contributed by atoms with Crippen molar-refractivity contribution in [1.29, 1.82) is 0 Å². The van der Waals surface area contributed by atoms with Gasteiger partial charge in [-0.15, -0.1) is 11.6 Å². The zero-order valence-electron chi connectivity index (χ0n) is 5.23. The van der Waals surface area contributed by atoms with Crippen LogP contribution in [0.4, 0.5) is 4.39 Å². The molecule has 54 valence electrons. The van der Waals surface area contributed by atoms with E-state index in [9.17, 15) is 9.18 Å². The molecule has 0 aromatic heterocycles. The molecule has 0 fully saturated rings. The highest BCUT2D eigenvalue weighted by Crippen LogP contribution is 2.07. The number of esters is 1. The van der Waals surface area contributed by atoms with Crippen LogP contribution in [0.2, 0.25) is 0 Å². The molecule has 0 rings (SSSR count). The van der Waals surface area contributed by atoms with Gasteiger partial charge in [0.05, 0.1) is 7.11 Å². The largest absolute Gasteiger partial charge is 0.468 e. The Kier molecular flexibility index (Phi) is 3.54. The Morgan fingerprint density at radius 3 is 2.33 bits per heavy atom. The number of rotatable bonds is 2. The summed E-state index contributed by atoms with van der Waals surface area (Å²) in [6, 6.07) is 0. The van der Waals surface area contributed by atoms with E-state index >= 15 is 0 Å². The van der Waals surface area contributed by atoms with E-state index in [-0.39, 0.29) is 0 Å². The minimum atomic E-state index is -1.36. The number of halogens is 2. The molecule has 0 saturated carbocycles. The predicted molar refractivity (Wildman–Crippen MR) is 32.2 cm³/mol. The van der Waals surface area contributed by atoms with Crippen LogP contribution < -0.4 is 0 Å². The number of methoxy groups -OCH3 is 1. The molecule has 2 atom stereocenters. The fraction of sp³-hybridized carbons (Fsp3) is 0.800. The van der Waals surface area contributed by atoms with Gasteiger partial charge in [0.1, 0.15) is 6.17 Å². The van der Waals surface area contributed by atoms with Gasteiger partial charge in [0, 0.05) is 0 Å². The Labute approximate surface area is 57.9 Å². The number of hydrogen-bond donors (Lipinski definition) is 0. The van der Waals surface area contributed by atoms with E-state index in [0.717, 1.165) is 0 Å². The lowest BCUT2D eigenvalue weighted by atomic mass is 10.3. The summed E-state index contributed by atoms with van der Waals surface area (Å²) in [6.45, 7) is 1.20. The first kappa shape index (κ1) is 8.69. The third kappa shape index (κ3) is 2.65. The topological polar surface area (TPSA) is 26.3 Å². The fourth-order valence-electron chi connectivity index (χ4n) is 0.300. The van der Waals surface area contributed by atoms with Crippen LogP contribution in [0, 0.1) is 0 Å². The molecule has 0 aliphatic rings. The molecule has 0 aromatic rings. The number of hydrogen-bond acceptors (Lipinski definition) is 2. The lowest BCUT2D eigenvalue weighted by Gasteiger charge is -2.06. The van der Waals surface area contributed by atoms with E-state index < -0.39 is 17.5 Å². The van der Waals surface area contributed by atoms with Crippen LogP contribution in [-0.2, 0) is 9.53 Å². The van der Waals surface area contributed by atoms with Crippen molar-refractivity contribution in [1.82, 2.24) is 0 Å². The van der Waals surface area contributed by atoms with Crippen molar-refractivity contribution in [2.24, 2.45) is 0 Å². The summed E-state index contributed by atoms with van der Waals surface area (Å²) < 4.78 is 16.3. The summed E-state index contributed by atoms with van der Waals surface area (Å²) >= 11 is 5.22. The lowest BCUT2D eigenvalue weighted by molar-refractivity contribution is -0.141. The van der Waals surface area contributed by atoms with Gasteiger partial charge in [0.2, 0.25) is 0 Å². The van der Waals surface area contributed by atoms with Gasteiger partial charge in [-0.1, -0.05) is 0 Å². The molecule has 0 aromatic carbocycles. The molecule has 0 amide bonds. The first-order valence-electron chi connectivity index (χ1n) is 2.45. The maximum Gasteiger partial charge on any atom is 0.326 e. The molecule has 0 unspecified atom stereocenters. The minimum Gasteiger partial charge on any atom is -0.468 e. The van der Waals surface area contributed by atoms with Gasteiger partial charge in [-0.2, -0.15) is 0 Å². The van der Waals surface area contributed by atoms with Crippen LogP contribution in [0.15, 0.2) is 0 Å². The molecule has 0 aliphatic carbocycles. The van der Waals surface area contributed by atoms with Gasteiger partial charge >= 0.3 is 5.97 Å². The first-order chi connectivity index (χ1) is 4.09. The van der Waals surface area contributed by atoms with Gasteiger partial charge in [0.25, 0.3) is 0 Å². The molecule has 0 N–H and O–H groups in total. The summed E-state index contributed by atoms with van der Waals surface area (Å²) in [5.74, 6) is -0.730. The smallest absolute Gasteiger partial charge is 0.326 e. The molecule has 4 heteroatoms. The Bertz CT molecular complexity index is 105. The molecule has 0 saturated heterocycles. The summed E-state index contributed by atoms with van der Waals surface area (Å²) in [5, 5.41) is -1.17. The molecular formula is C5H8ClFO2. The van der Waals surface area contributed by atoms with E-state index in [1.54, 1.807) is 0 Å². The fourth-order valence-corrected chi connectivity index (χ4v) is 0.389. The van der Waals surface area contributed by atoms with E-state index in [2.05, 4.69) is 4.74 Å². The standard InChI is InChI=1S/C5H8ClFO2/c1-3(7)4(6)5(8)9-2/h3-4H,1-2H3/t3-,4+/m0/s1. The van der Waals surface area contributed by atoms with Gasteiger partial charge in [0.15, 0.2) is 5.38 Å². The van der Waals surface area contributed by atoms with Crippen LogP contribution in [0.5, 0.6) is 0 Å². The highest BCUT2D eigenvalue weighted by molar-refractivity contribution is 6.30. The summed E-state index contributed by atoms with van der Waals surface area (Å²) in [5.41, 5.74) is 0. The van der Waals surface area contributed by atoms with E-state index in [1.807, 2.05) is 0 Å². The van der Waals surface area contributed by atoms with Crippen molar-refractivity contribution < 1.29 is 13.9 Å². The van der Waals surface area contributed by atoms with Crippen molar-refractivity contribution in [3.8, 4) is 0 Å². The number of ether oxygens (including phenoxy) is 1. The second-order valence-corrected chi connectivity index (χ2v) is 2.07. The molecule has 0 heterocycles. The first-order valence-corrected chi connectivity index (χ1v) is 2.89. The molecular weight excluding hydrogens is 147 g/mol. The molecule has 9 heavy (non-hydrogen) atoms. The maximum atomic E-state index is 12.1. The van der Waals surface area contributed by atoms with Crippen molar-refractivity contribution in [3.05, 3.63) is 0 Å². The Balaban J connectivity index is 3.72. The van der Waals surface area contributed by atoms with Crippen LogP contribution >= 0.6 is 11.6 Å². The van der Waals surface area contributed by atoms with Crippen molar-refractivity contribution in [2.75, 3.05) is 7.11 Å². The van der Waals surface area contributed by atoms with E-state index in [0.29, 0.717) is 0 Å². The van der Waals surface area contributed by atoms with Gasteiger partial charge < -0.3 is 4.74 Å². The van der Waals surface area contributed by atoms with Crippen molar-refractivity contribution >= 4 is 17.6 Å². The monoisotopic (exact) mass is 154 g/mol. The third-order valence-corrected chi connectivity index (χ3v) is 1.36. The molecule has 0 bridgehead atoms. The maximum absolute atomic E-state index is 12.1. The van der Waals surface area contributed by atoms with Crippen molar-refractivity contribution in [3.63, 3.8) is 0 Å². The van der Waals surface area contributed by atoms with E-state index in [1.165, 1.54) is 14.0 Å². The normalized spacial score (nSPS) is 16.4. The van der Waals surface area contributed by atoms with Gasteiger partial charge in [-0.3, -0.25) is 4.79 Å². The third-order valence-electron chi connectivity index (χ3n) is 0.830. The van der Waals surface area contributed by atoms with Crippen molar-refractivity contribution in [2.45, 2.75) is 18.5 Å². The van der Waals surface area contributed by atoms with Gasteiger partial charge in [-0.25, -0.2) is 4.39 Å². The van der Waals surface area contributed by atoms with E-state index in [4.69, 9.17) is 11.6 Å². The average molecular weight is 155 g/mol. The summed E-state index contributed by atoms with van der Waals surface area (Å²) in [6.07, 6.45) is -1.36. The zero-order valence-corrected chi connectivity index (χ0v) is 5.98. The summed E-state index contributed by atoms with van der Waals surface area (Å²) in [4.78, 5) is 10.4. The Hall–Kier alpha value is -0.310. The van der Waals surface area contributed by atoms with Gasteiger partial charge in [-0.05, 0) is 6.92 Å². The highest BCUT2D eigenvalue weighted by atomic mass is 35.5. The second-order valence-electron chi connectivity index (χ2n) is 1.60. The average Bonchev–Trinajstić information content (AvgIpc) is 1.84. The second kappa shape index (κ2) is 3.67. The zero-order chi connectivity index (χ0) is 7.44. The summed E-state index contributed by atoms with van der Waals surface area (Å²) in [7, 11) is 1.17. The molecule has 0 radical (unpaired) electrons. The predicted octanol–water partition coefficient (Wildman–Crippen LogP) is 1.12. The molecule has 2 nitrogen and oxygen atoms in total. The number of carbonyl (C=O) groups excluding carboxylic acids is 1. The SMILES string of the molecule is COC(=O)[C@H](Cl)[C@H](C)F. The lowest BCUT2D eigenvalue weighted by Crippen LogP contribution is -2.24. The van der Waals surface area contributed by atoms with Crippen LogP contribution in [0.1, 0.15) is 6.92 Å². The van der Waals surface area contributed by atoms with Crippen LogP contribution in [0.25, 0.3) is 0 Å². The Morgan fingerprint density at radius 1 is 1.78 bits per heavy atom. The highest BCUT2D eigenvalue weighted by Gasteiger charge is 2.22. The molecule has 0 spiro atoms. The van der Waals surface area contributed by atoms with Crippen LogP contribution in [0.3, 0.4) is 0 Å². The number of alkyl halides is 2. The number of carbonyl (C=O) groups is 1. The van der Waals surface area contributed by atoms with Crippen LogP contribution in [-0.4, -0.2) is 24.6 Å². The quantitative estimate of drug-likeness (QED) is 0.440.